The number of hydrogen-bond acceptors (Lipinski definition) is 4. The van der Waals surface area contributed by atoms with Gasteiger partial charge in [0.2, 0.25) is 0 Å². The van der Waals surface area contributed by atoms with Crippen LogP contribution in [0.1, 0.15) is 44.6 Å². The van der Waals surface area contributed by atoms with Crippen LogP contribution in [0.3, 0.4) is 0 Å². The lowest BCUT2D eigenvalue weighted by Crippen LogP contribution is -2.08. The van der Waals surface area contributed by atoms with Gasteiger partial charge in [0, 0.05) is 0 Å². The largest absolute Gasteiger partial charge is 0.491 e. The molecule has 34 heavy (non-hydrogen) atoms. The summed E-state index contributed by atoms with van der Waals surface area (Å²) in [5.41, 5.74) is 6.15. The summed E-state index contributed by atoms with van der Waals surface area (Å²) >= 11 is 0. The van der Waals surface area contributed by atoms with Gasteiger partial charge in [0.25, 0.3) is 0 Å². The second kappa shape index (κ2) is 10.6. The Morgan fingerprint density at radius 1 is 0.735 bits per heavy atom. The minimum atomic E-state index is 0.263. The molecule has 0 bridgehead atoms. The highest BCUT2D eigenvalue weighted by molar-refractivity contribution is 5.71. The second-order valence-electron chi connectivity index (χ2n) is 9.28. The minimum Gasteiger partial charge on any atom is -0.491 e. The van der Waals surface area contributed by atoms with Crippen molar-refractivity contribution in [3.8, 4) is 33.8 Å². The first-order valence-electron chi connectivity index (χ1n) is 12.6. The highest BCUT2D eigenvalue weighted by Gasteiger charge is 2.25. The van der Waals surface area contributed by atoms with E-state index in [9.17, 15) is 0 Å². The fraction of sp³-hybridized carbons (Fsp3) is 0.400. The van der Waals surface area contributed by atoms with Gasteiger partial charge in [-0.2, -0.15) is 0 Å². The summed E-state index contributed by atoms with van der Waals surface area (Å²) in [6, 6.07) is 23.8. The summed E-state index contributed by atoms with van der Waals surface area (Å²) in [6.07, 6.45) is 3.98. The molecule has 0 spiro atoms. The number of rotatable bonds is 12. The van der Waals surface area contributed by atoms with Crippen LogP contribution in [0, 0.1) is 0 Å². The van der Waals surface area contributed by atoms with E-state index in [1.165, 1.54) is 40.7 Å². The van der Waals surface area contributed by atoms with Crippen molar-refractivity contribution in [2.45, 2.75) is 51.2 Å². The molecule has 2 aliphatic heterocycles. The Morgan fingerprint density at radius 3 is 1.82 bits per heavy atom. The quantitative estimate of drug-likeness (QED) is 0.278. The van der Waals surface area contributed by atoms with E-state index in [1.54, 1.807) is 0 Å². The third-order valence-electron chi connectivity index (χ3n) is 6.65. The van der Waals surface area contributed by atoms with Crippen molar-refractivity contribution in [3.63, 3.8) is 0 Å². The molecule has 178 valence electrons. The van der Waals surface area contributed by atoms with Crippen molar-refractivity contribution in [1.29, 1.82) is 0 Å². The van der Waals surface area contributed by atoms with Gasteiger partial charge >= 0.3 is 0 Å². The number of hydrogen-bond donors (Lipinski definition) is 0. The first kappa shape index (κ1) is 22.9. The molecule has 4 nitrogen and oxygen atoms in total. The molecule has 5 rings (SSSR count). The monoisotopic (exact) mass is 458 g/mol. The average molecular weight is 459 g/mol. The summed E-state index contributed by atoms with van der Waals surface area (Å²) in [7, 11) is 0. The molecule has 2 aliphatic rings. The Balaban J connectivity index is 1.33. The van der Waals surface area contributed by atoms with Crippen molar-refractivity contribution in [1.82, 2.24) is 0 Å². The van der Waals surface area contributed by atoms with Crippen molar-refractivity contribution in [2.75, 3.05) is 26.4 Å². The molecule has 0 N–H and O–H groups in total. The zero-order valence-electron chi connectivity index (χ0n) is 20.2. The molecule has 3 aromatic rings. The van der Waals surface area contributed by atoms with E-state index < -0.39 is 0 Å². The summed E-state index contributed by atoms with van der Waals surface area (Å²) in [4.78, 5) is 0. The molecule has 0 aliphatic carbocycles. The number of ether oxygens (including phenoxy) is 4. The van der Waals surface area contributed by atoms with E-state index in [2.05, 4.69) is 68.4 Å². The Morgan fingerprint density at radius 2 is 1.26 bits per heavy atom. The number of benzene rings is 3. The third kappa shape index (κ3) is 5.81. The van der Waals surface area contributed by atoms with Crippen LogP contribution in [-0.2, 0) is 9.47 Å². The molecule has 0 amide bonds. The fourth-order valence-electron chi connectivity index (χ4n) is 4.41. The Hall–Kier alpha value is -2.82. The molecule has 4 heteroatoms. The lowest BCUT2D eigenvalue weighted by Gasteiger charge is -2.20. The summed E-state index contributed by atoms with van der Waals surface area (Å²) < 4.78 is 22.5. The van der Waals surface area contributed by atoms with Crippen molar-refractivity contribution < 1.29 is 18.9 Å². The summed E-state index contributed by atoms with van der Waals surface area (Å²) in [5, 5.41) is 0. The second-order valence-corrected chi connectivity index (χ2v) is 9.28. The molecule has 2 heterocycles. The average Bonchev–Trinajstić information content (AvgIpc) is 3.81. The van der Waals surface area contributed by atoms with Gasteiger partial charge < -0.3 is 18.9 Å². The van der Waals surface area contributed by atoms with Gasteiger partial charge in [0.15, 0.2) is 0 Å². The van der Waals surface area contributed by atoms with Gasteiger partial charge in [-0.3, -0.25) is 0 Å². The van der Waals surface area contributed by atoms with E-state index in [4.69, 9.17) is 18.9 Å². The maximum absolute atomic E-state index is 6.16. The lowest BCUT2D eigenvalue weighted by atomic mass is 9.89. The van der Waals surface area contributed by atoms with E-state index >= 15 is 0 Å². The van der Waals surface area contributed by atoms with E-state index in [-0.39, 0.29) is 12.2 Å². The van der Waals surface area contributed by atoms with E-state index in [0.717, 1.165) is 31.1 Å². The molecule has 0 saturated carbocycles. The van der Waals surface area contributed by atoms with E-state index in [1.807, 2.05) is 12.1 Å². The highest BCUT2D eigenvalue weighted by atomic mass is 16.6. The normalized spacial score (nSPS) is 19.5. The smallest absolute Gasteiger partial charge is 0.122 e. The first-order valence-corrected chi connectivity index (χ1v) is 12.6. The summed E-state index contributed by atoms with van der Waals surface area (Å²) in [5.74, 6) is 2.40. The molecular formula is C30H34O4. The van der Waals surface area contributed by atoms with Gasteiger partial charge in [0.1, 0.15) is 36.9 Å². The maximum Gasteiger partial charge on any atom is 0.122 e. The predicted molar refractivity (Wildman–Crippen MR) is 136 cm³/mol. The molecular weight excluding hydrogens is 424 g/mol. The molecule has 3 unspecified atom stereocenters. The molecule has 0 aromatic heterocycles. The van der Waals surface area contributed by atoms with Crippen LogP contribution in [-0.4, -0.2) is 38.6 Å². The van der Waals surface area contributed by atoms with Crippen LogP contribution in [0.15, 0.2) is 66.7 Å². The zero-order valence-corrected chi connectivity index (χ0v) is 20.2. The molecule has 2 fully saturated rings. The topological polar surface area (TPSA) is 43.5 Å². The van der Waals surface area contributed by atoms with Crippen LogP contribution in [0.2, 0.25) is 0 Å². The van der Waals surface area contributed by atoms with Gasteiger partial charge in [-0.15, -0.1) is 0 Å². The predicted octanol–water partition coefficient (Wildman–Crippen LogP) is 6.87. The van der Waals surface area contributed by atoms with Gasteiger partial charge in [-0.1, -0.05) is 62.7 Å². The molecule has 0 radical (unpaired) electrons. The highest BCUT2D eigenvalue weighted by Crippen LogP contribution is 2.37. The molecule has 3 aromatic carbocycles. The van der Waals surface area contributed by atoms with Crippen LogP contribution < -0.4 is 9.47 Å². The Bertz CT molecular complexity index is 1070. The standard InChI is InChI=1S/C30H34O4/c1-3-5-21(4-2)29-16-25(12-15-30(29)34-20-28-19-33-28)24-8-6-22(7-9-24)23-10-13-26(14-11-23)31-17-27-18-32-27/h6-16,21,27-28H,3-5,17-20H2,1-2H3. The lowest BCUT2D eigenvalue weighted by molar-refractivity contribution is 0.259. The van der Waals surface area contributed by atoms with Crippen LogP contribution in [0.5, 0.6) is 11.5 Å². The van der Waals surface area contributed by atoms with Crippen molar-refractivity contribution in [3.05, 3.63) is 72.3 Å². The zero-order chi connectivity index (χ0) is 23.3. The van der Waals surface area contributed by atoms with Crippen LogP contribution >= 0.6 is 0 Å². The summed E-state index contributed by atoms with van der Waals surface area (Å²) in [6.45, 7) is 7.43. The first-order chi connectivity index (χ1) is 16.7. The third-order valence-corrected chi connectivity index (χ3v) is 6.65. The minimum absolute atomic E-state index is 0.263. The Kier molecular flexibility index (Phi) is 7.17. The van der Waals surface area contributed by atoms with Crippen LogP contribution in [0.4, 0.5) is 0 Å². The maximum atomic E-state index is 6.16. The fourth-order valence-corrected chi connectivity index (χ4v) is 4.41. The SMILES string of the molecule is CCCC(CC)c1cc(-c2ccc(-c3ccc(OCC4CO4)cc3)cc2)ccc1OCC1CO1. The molecule has 3 atom stereocenters. The van der Waals surface area contributed by atoms with E-state index in [0.29, 0.717) is 19.1 Å². The van der Waals surface area contributed by atoms with Crippen molar-refractivity contribution in [2.24, 2.45) is 0 Å². The molecule has 2 saturated heterocycles. The van der Waals surface area contributed by atoms with Crippen LogP contribution in [0.25, 0.3) is 22.3 Å². The van der Waals surface area contributed by atoms with Gasteiger partial charge in [-0.05, 0) is 70.8 Å². The van der Waals surface area contributed by atoms with Gasteiger partial charge in [-0.25, -0.2) is 0 Å². The Labute approximate surface area is 202 Å². The van der Waals surface area contributed by atoms with Crippen molar-refractivity contribution >= 4 is 0 Å². The van der Waals surface area contributed by atoms with Gasteiger partial charge in [0.05, 0.1) is 13.2 Å². The number of epoxide rings is 2.